The van der Waals surface area contributed by atoms with Crippen molar-refractivity contribution in [2.24, 2.45) is 0 Å². The lowest BCUT2D eigenvalue weighted by molar-refractivity contribution is -0.937. The highest BCUT2D eigenvalue weighted by Gasteiger charge is 2.39. The zero-order valence-electron chi connectivity index (χ0n) is 10.7. The summed E-state index contributed by atoms with van der Waals surface area (Å²) >= 11 is 1.49. The van der Waals surface area contributed by atoms with Crippen LogP contribution in [0.1, 0.15) is 10.9 Å². The Morgan fingerprint density at radius 3 is 2.70 bits per heavy atom. The molecule has 4 nitrogen and oxygen atoms in total. The normalized spacial score (nSPS) is 18.8. The third-order valence-corrected chi connectivity index (χ3v) is 4.22. The molecule has 2 rings (SSSR count). The van der Waals surface area contributed by atoms with Crippen LogP contribution in [0.3, 0.4) is 0 Å². The molecule has 1 fully saturated rings. The van der Waals surface area contributed by atoms with E-state index in [0.717, 1.165) is 22.9 Å². The molecule has 1 aromatic heterocycles. The van der Waals surface area contributed by atoms with Gasteiger partial charge in [-0.2, -0.15) is 13.2 Å². The Labute approximate surface area is 118 Å². The Morgan fingerprint density at radius 2 is 2.15 bits per heavy atom. The van der Waals surface area contributed by atoms with E-state index in [-0.39, 0.29) is 12.6 Å². The molecule has 2 heterocycles. The molecule has 0 radical (unpaired) electrons. The molecule has 0 aromatic carbocycles. The van der Waals surface area contributed by atoms with Crippen LogP contribution < -0.4 is 10.2 Å². The topological polar surface area (TPSA) is 42.8 Å². The predicted octanol–water partition coefficient (Wildman–Crippen LogP) is 0.383. The van der Waals surface area contributed by atoms with Gasteiger partial charge in [0.1, 0.15) is 19.1 Å². The summed E-state index contributed by atoms with van der Waals surface area (Å²) in [6, 6.07) is 3.58. The zero-order chi connectivity index (χ0) is 14.6. The molecule has 2 N–H and O–H groups in total. The van der Waals surface area contributed by atoms with Crippen molar-refractivity contribution >= 4 is 17.2 Å². The molecule has 0 bridgehead atoms. The van der Waals surface area contributed by atoms with Crippen LogP contribution in [0.15, 0.2) is 17.5 Å². The van der Waals surface area contributed by atoms with Gasteiger partial charge >= 0.3 is 12.1 Å². The van der Waals surface area contributed by atoms with Crippen LogP contribution >= 0.6 is 11.3 Å². The van der Waals surface area contributed by atoms with Gasteiger partial charge in [-0.25, -0.2) is 0 Å². The van der Waals surface area contributed by atoms with Crippen LogP contribution in [0.25, 0.3) is 0 Å². The van der Waals surface area contributed by atoms with Gasteiger partial charge < -0.3 is 15.0 Å². The Hall–Kier alpha value is -1.12. The third kappa shape index (κ3) is 3.94. The van der Waals surface area contributed by atoms with Crippen molar-refractivity contribution in [3.8, 4) is 0 Å². The fourth-order valence-corrected chi connectivity index (χ4v) is 3.10. The largest absolute Gasteiger partial charge is 0.471 e. The van der Waals surface area contributed by atoms with Gasteiger partial charge in [0.15, 0.2) is 0 Å². The number of ether oxygens (including phenoxy) is 1. The van der Waals surface area contributed by atoms with E-state index in [4.69, 9.17) is 4.74 Å². The Bertz CT molecular complexity index is 430. The first kappa shape index (κ1) is 15.3. The van der Waals surface area contributed by atoms with Crippen molar-refractivity contribution in [1.82, 2.24) is 5.32 Å². The summed E-state index contributed by atoms with van der Waals surface area (Å²) in [6.45, 7) is 2.61. The molecule has 0 spiro atoms. The van der Waals surface area contributed by atoms with Crippen LogP contribution in [0.4, 0.5) is 13.2 Å². The quantitative estimate of drug-likeness (QED) is 0.845. The second kappa shape index (κ2) is 6.55. The molecular formula is C12H16F3N2O2S+. The minimum atomic E-state index is -4.83. The van der Waals surface area contributed by atoms with E-state index in [1.807, 2.05) is 22.8 Å². The fraction of sp³-hybridized carbons (Fsp3) is 0.583. The van der Waals surface area contributed by atoms with Gasteiger partial charge in [0.05, 0.1) is 24.6 Å². The number of rotatable bonds is 4. The lowest BCUT2D eigenvalue weighted by atomic mass is 10.2. The predicted molar refractivity (Wildman–Crippen MR) is 67.6 cm³/mol. The highest BCUT2D eigenvalue weighted by molar-refractivity contribution is 7.10. The highest BCUT2D eigenvalue weighted by Crippen LogP contribution is 2.18. The Balaban J connectivity index is 2.02. The molecule has 0 saturated carbocycles. The molecule has 0 unspecified atom stereocenters. The van der Waals surface area contributed by atoms with Crippen molar-refractivity contribution in [3.63, 3.8) is 0 Å². The van der Waals surface area contributed by atoms with Gasteiger partial charge in [-0.05, 0) is 11.4 Å². The molecule has 1 aliphatic rings. The van der Waals surface area contributed by atoms with Crippen molar-refractivity contribution in [2.45, 2.75) is 12.2 Å². The number of morpholine rings is 1. The number of halogens is 3. The number of thiophene rings is 1. The van der Waals surface area contributed by atoms with Crippen LogP contribution in [-0.2, 0) is 9.53 Å². The minimum Gasteiger partial charge on any atom is -0.370 e. The van der Waals surface area contributed by atoms with Crippen molar-refractivity contribution in [2.75, 3.05) is 32.8 Å². The molecule has 112 valence electrons. The monoisotopic (exact) mass is 309 g/mol. The number of alkyl halides is 3. The van der Waals surface area contributed by atoms with Gasteiger partial charge in [0, 0.05) is 0 Å². The van der Waals surface area contributed by atoms with E-state index in [0.29, 0.717) is 13.2 Å². The Kier molecular flexibility index (Phi) is 5.00. The van der Waals surface area contributed by atoms with Crippen molar-refractivity contribution < 1.29 is 27.6 Å². The fourth-order valence-electron chi connectivity index (χ4n) is 2.21. The molecule has 0 aliphatic carbocycles. The summed E-state index contributed by atoms with van der Waals surface area (Å²) in [7, 11) is 0. The van der Waals surface area contributed by atoms with Gasteiger partial charge in [-0.15, -0.1) is 11.3 Å². The van der Waals surface area contributed by atoms with Gasteiger partial charge in [0.25, 0.3) is 0 Å². The van der Waals surface area contributed by atoms with Gasteiger partial charge in [0.2, 0.25) is 0 Å². The average molecular weight is 309 g/mol. The molecule has 8 heteroatoms. The second-order valence-corrected chi connectivity index (χ2v) is 5.53. The highest BCUT2D eigenvalue weighted by atomic mass is 32.1. The molecule has 1 aromatic rings. The smallest absolute Gasteiger partial charge is 0.370 e. The summed E-state index contributed by atoms with van der Waals surface area (Å²) in [4.78, 5) is 13.1. The number of hydrogen-bond acceptors (Lipinski definition) is 3. The van der Waals surface area contributed by atoms with E-state index in [1.54, 1.807) is 0 Å². The third-order valence-electron chi connectivity index (χ3n) is 3.24. The molecule has 1 aliphatic heterocycles. The van der Waals surface area contributed by atoms with Crippen LogP contribution in [0, 0.1) is 0 Å². The minimum absolute atomic E-state index is 0.0197. The summed E-state index contributed by atoms with van der Waals surface area (Å²) in [5.74, 6) is -1.88. The lowest BCUT2D eigenvalue weighted by Gasteiger charge is -2.31. The number of nitrogens with one attached hydrogen (secondary N) is 2. The van der Waals surface area contributed by atoms with E-state index < -0.39 is 12.1 Å². The standard InChI is InChI=1S/C12H15F3N2O2S/c13-12(14,15)11(18)16-8-9(10-2-1-7-20-10)17-3-5-19-6-4-17/h1-2,7,9H,3-6,8H2,(H,16,18)/p+1/t9-/m1/s1. The van der Waals surface area contributed by atoms with E-state index in [9.17, 15) is 18.0 Å². The van der Waals surface area contributed by atoms with E-state index in [2.05, 4.69) is 0 Å². The maximum atomic E-state index is 12.2. The maximum absolute atomic E-state index is 12.2. The van der Waals surface area contributed by atoms with Crippen LogP contribution in [0.5, 0.6) is 0 Å². The lowest BCUT2D eigenvalue weighted by Crippen LogP contribution is -3.15. The zero-order valence-corrected chi connectivity index (χ0v) is 11.5. The molecular weight excluding hydrogens is 293 g/mol. The SMILES string of the molecule is O=C(NC[C@H](c1cccs1)[NH+]1CCOCC1)C(F)(F)F. The first-order valence-corrected chi connectivity index (χ1v) is 7.17. The number of carbonyl (C=O) groups is 1. The summed E-state index contributed by atoms with van der Waals surface area (Å²) in [5, 5.41) is 3.87. The van der Waals surface area contributed by atoms with Crippen LogP contribution in [-0.4, -0.2) is 44.9 Å². The Morgan fingerprint density at radius 1 is 1.45 bits per heavy atom. The summed E-state index contributed by atoms with van der Waals surface area (Å²) in [6.07, 6.45) is -4.83. The first-order valence-electron chi connectivity index (χ1n) is 6.29. The molecule has 1 amide bonds. The van der Waals surface area contributed by atoms with Gasteiger partial charge in [-0.1, -0.05) is 6.07 Å². The average Bonchev–Trinajstić information content (AvgIpc) is 2.93. The first-order chi connectivity index (χ1) is 9.48. The second-order valence-electron chi connectivity index (χ2n) is 4.55. The van der Waals surface area contributed by atoms with Crippen molar-refractivity contribution in [1.29, 1.82) is 0 Å². The van der Waals surface area contributed by atoms with E-state index >= 15 is 0 Å². The summed E-state index contributed by atoms with van der Waals surface area (Å²) < 4.78 is 42.0. The molecule has 1 atom stereocenters. The number of quaternary nitrogens is 1. The number of amides is 1. The van der Waals surface area contributed by atoms with Crippen molar-refractivity contribution in [3.05, 3.63) is 22.4 Å². The molecule has 1 saturated heterocycles. The maximum Gasteiger partial charge on any atom is 0.471 e. The van der Waals surface area contributed by atoms with Gasteiger partial charge in [-0.3, -0.25) is 4.79 Å². The van der Waals surface area contributed by atoms with E-state index in [1.165, 1.54) is 11.3 Å². The molecule has 20 heavy (non-hydrogen) atoms. The summed E-state index contributed by atoms with van der Waals surface area (Å²) in [5.41, 5.74) is 0. The number of hydrogen-bond donors (Lipinski definition) is 2. The van der Waals surface area contributed by atoms with Crippen LogP contribution in [0.2, 0.25) is 0 Å². The number of carbonyl (C=O) groups excluding carboxylic acids is 1.